The van der Waals surface area contributed by atoms with Crippen LogP contribution in [0, 0.1) is 0 Å². The minimum Gasteiger partial charge on any atom is -0.404 e. The summed E-state index contributed by atoms with van der Waals surface area (Å²) in [4.78, 5) is 11.7. The smallest absolute Gasteiger partial charge is 0.404 e. The van der Waals surface area contributed by atoms with Gasteiger partial charge in [0.2, 0.25) is 5.91 Å². The minimum atomic E-state index is -4.83. The van der Waals surface area contributed by atoms with E-state index in [0.717, 1.165) is 6.07 Å². The van der Waals surface area contributed by atoms with Gasteiger partial charge >= 0.3 is 6.36 Å². The summed E-state index contributed by atoms with van der Waals surface area (Å²) >= 11 is 3.05. The monoisotopic (exact) mass is 368 g/mol. The van der Waals surface area contributed by atoms with Gasteiger partial charge in [0.05, 0.1) is 5.69 Å². The highest BCUT2D eigenvalue weighted by Gasteiger charge is 2.32. The van der Waals surface area contributed by atoms with Gasteiger partial charge in [0.1, 0.15) is 0 Å². The fourth-order valence-electron chi connectivity index (χ4n) is 1.46. The lowest BCUT2D eigenvalue weighted by Gasteiger charge is -2.18. The van der Waals surface area contributed by atoms with Crippen LogP contribution in [0.15, 0.2) is 22.7 Å². The van der Waals surface area contributed by atoms with Gasteiger partial charge in [0.15, 0.2) is 5.75 Å². The highest BCUT2D eigenvalue weighted by Crippen LogP contribution is 2.33. The number of nitrogens with one attached hydrogen (secondary N) is 1. The molecule has 0 aliphatic rings. The number of hydrogen-bond donors (Lipinski definition) is 2. The Morgan fingerprint density at radius 3 is 2.52 bits per heavy atom. The van der Waals surface area contributed by atoms with Crippen molar-refractivity contribution in [1.82, 2.24) is 0 Å². The molecule has 0 spiro atoms. The van der Waals surface area contributed by atoms with Crippen LogP contribution in [0.5, 0.6) is 5.75 Å². The highest BCUT2D eigenvalue weighted by atomic mass is 79.9. The van der Waals surface area contributed by atoms with Crippen molar-refractivity contribution in [2.45, 2.75) is 38.6 Å². The number of rotatable bonds is 5. The Kier molecular flexibility index (Phi) is 5.63. The summed E-state index contributed by atoms with van der Waals surface area (Å²) in [5, 5.41) is 2.39. The molecule has 0 heterocycles. The molecule has 118 valence electrons. The molecule has 1 aromatic carbocycles. The number of halogens is 4. The summed E-state index contributed by atoms with van der Waals surface area (Å²) in [6.07, 6.45) is -4.32. The Morgan fingerprint density at radius 1 is 1.38 bits per heavy atom. The number of amides is 1. The van der Waals surface area contributed by atoms with Gasteiger partial charge < -0.3 is 15.8 Å². The predicted molar refractivity (Wildman–Crippen MR) is 77.0 cm³/mol. The normalized spacial score (nSPS) is 12.1. The van der Waals surface area contributed by atoms with Crippen molar-refractivity contribution in [3.05, 3.63) is 22.7 Å². The lowest BCUT2D eigenvalue weighted by atomic mass is 10.00. The van der Waals surface area contributed by atoms with Crippen molar-refractivity contribution in [3.63, 3.8) is 0 Å². The van der Waals surface area contributed by atoms with E-state index in [1.54, 1.807) is 13.8 Å². The highest BCUT2D eigenvalue weighted by molar-refractivity contribution is 9.10. The van der Waals surface area contributed by atoms with E-state index in [-0.39, 0.29) is 12.1 Å². The SMILES string of the molecule is CC(C)(N)CCC(=O)Nc1ccc(Br)cc1OC(F)(F)F. The molecule has 0 unspecified atom stereocenters. The Labute approximate surface area is 129 Å². The summed E-state index contributed by atoms with van der Waals surface area (Å²) in [5.41, 5.74) is 5.18. The van der Waals surface area contributed by atoms with E-state index in [0.29, 0.717) is 10.9 Å². The van der Waals surface area contributed by atoms with Crippen LogP contribution in [-0.4, -0.2) is 17.8 Å². The van der Waals surface area contributed by atoms with Crippen molar-refractivity contribution < 1.29 is 22.7 Å². The first-order valence-corrected chi connectivity index (χ1v) is 6.90. The number of hydrogen-bond acceptors (Lipinski definition) is 3. The first-order chi connectivity index (χ1) is 9.46. The molecule has 0 saturated carbocycles. The van der Waals surface area contributed by atoms with Gasteiger partial charge in [0, 0.05) is 16.4 Å². The Hall–Kier alpha value is -1.28. The van der Waals surface area contributed by atoms with Gasteiger partial charge in [-0.05, 0) is 38.5 Å². The molecule has 0 bridgehead atoms. The topological polar surface area (TPSA) is 64.4 Å². The third-order valence-corrected chi connectivity index (χ3v) is 2.93. The van der Waals surface area contributed by atoms with E-state index in [9.17, 15) is 18.0 Å². The predicted octanol–water partition coefficient (Wildman–Crippen LogP) is 3.80. The Morgan fingerprint density at radius 2 is 2.00 bits per heavy atom. The molecule has 0 aliphatic heterocycles. The van der Waals surface area contributed by atoms with Crippen LogP contribution >= 0.6 is 15.9 Å². The second-order valence-corrected chi connectivity index (χ2v) is 6.14. The number of benzene rings is 1. The molecular formula is C13H16BrF3N2O2. The summed E-state index contributed by atoms with van der Waals surface area (Å²) in [6, 6.07) is 3.97. The molecule has 0 aliphatic carbocycles. The molecule has 3 N–H and O–H groups in total. The largest absolute Gasteiger partial charge is 0.573 e. The molecular weight excluding hydrogens is 353 g/mol. The molecule has 8 heteroatoms. The number of carbonyl (C=O) groups is 1. The van der Waals surface area contributed by atoms with E-state index in [2.05, 4.69) is 26.0 Å². The molecule has 21 heavy (non-hydrogen) atoms. The van der Waals surface area contributed by atoms with E-state index in [1.807, 2.05) is 0 Å². The third-order valence-electron chi connectivity index (χ3n) is 2.44. The van der Waals surface area contributed by atoms with Crippen molar-refractivity contribution in [1.29, 1.82) is 0 Å². The molecule has 0 saturated heterocycles. The second kappa shape index (κ2) is 6.65. The standard InChI is InChI=1S/C13H16BrF3N2O2/c1-12(2,18)6-5-11(20)19-9-4-3-8(14)7-10(9)21-13(15,16)17/h3-4,7H,5-6,18H2,1-2H3,(H,19,20). The lowest BCUT2D eigenvalue weighted by Crippen LogP contribution is -2.33. The maximum Gasteiger partial charge on any atom is 0.573 e. The number of alkyl halides is 3. The molecule has 0 atom stereocenters. The number of carbonyl (C=O) groups excluding carboxylic acids is 1. The first kappa shape index (κ1) is 17.8. The van der Waals surface area contributed by atoms with Gasteiger partial charge in [-0.25, -0.2) is 0 Å². The molecule has 1 amide bonds. The van der Waals surface area contributed by atoms with Crippen LogP contribution in [0.2, 0.25) is 0 Å². The molecule has 1 aromatic rings. The number of ether oxygens (including phenoxy) is 1. The maximum atomic E-state index is 12.3. The van der Waals surface area contributed by atoms with E-state index < -0.39 is 23.6 Å². The molecule has 0 fully saturated rings. The van der Waals surface area contributed by atoms with E-state index in [4.69, 9.17) is 5.73 Å². The zero-order valence-electron chi connectivity index (χ0n) is 11.6. The van der Waals surface area contributed by atoms with Gasteiger partial charge in [0.25, 0.3) is 0 Å². The number of nitrogens with two attached hydrogens (primary N) is 1. The summed E-state index contributed by atoms with van der Waals surface area (Å²) < 4.78 is 41.3. The zero-order valence-corrected chi connectivity index (χ0v) is 13.1. The van der Waals surface area contributed by atoms with Gasteiger partial charge in [-0.2, -0.15) is 0 Å². The average Bonchev–Trinajstić information content (AvgIpc) is 2.27. The first-order valence-electron chi connectivity index (χ1n) is 6.10. The lowest BCUT2D eigenvalue weighted by molar-refractivity contribution is -0.274. The Bertz CT molecular complexity index is 513. The van der Waals surface area contributed by atoms with Gasteiger partial charge in [-0.15, -0.1) is 13.2 Å². The summed E-state index contributed by atoms with van der Waals surface area (Å²) in [6.45, 7) is 3.52. The van der Waals surface area contributed by atoms with Crippen LogP contribution in [0.1, 0.15) is 26.7 Å². The van der Waals surface area contributed by atoms with Crippen LogP contribution in [0.4, 0.5) is 18.9 Å². The molecule has 0 radical (unpaired) electrons. The fraction of sp³-hybridized carbons (Fsp3) is 0.462. The van der Waals surface area contributed by atoms with Crippen LogP contribution in [-0.2, 0) is 4.79 Å². The molecule has 0 aromatic heterocycles. The Balaban J connectivity index is 2.80. The van der Waals surface area contributed by atoms with Crippen molar-refractivity contribution in [2.24, 2.45) is 5.73 Å². The van der Waals surface area contributed by atoms with E-state index >= 15 is 0 Å². The van der Waals surface area contributed by atoms with Crippen LogP contribution < -0.4 is 15.8 Å². The fourth-order valence-corrected chi connectivity index (χ4v) is 1.80. The van der Waals surface area contributed by atoms with E-state index in [1.165, 1.54) is 12.1 Å². The molecule has 4 nitrogen and oxygen atoms in total. The van der Waals surface area contributed by atoms with Crippen LogP contribution in [0.3, 0.4) is 0 Å². The third kappa shape index (κ3) is 7.33. The second-order valence-electron chi connectivity index (χ2n) is 5.23. The van der Waals surface area contributed by atoms with Crippen molar-refractivity contribution in [3.8, 4) is 5.75 Å². The summed E-state index contributed by atoms with van der Waals surface area (Å²) in [5.74, 6) is -0.903. The van der Waals surface area contributed by atoms with Gasteiger partial charge in [-0.3, -0.25) is 4.79 Å². The van der Waals surface area contributed by atoms with Crippen molar-refractivity contribution in [2.75, 3.05) is 5.32 Å². The quantitative estimate of drug-likeness (QED) is 0.830. The van der Waals surface area contributed by atoms with Gasteiger partial charge in [-0.1, -0.05) is 15.9 Å². The minimum absolute atomic E-state index is 0.0460. The maximum absolute atomic E-state index is 12.3. The number of anilines is 1. The zero-order chi connectivity index (χ0) is 16.3. The average molecular weight is 369 g/mol. The van der Waals surface area contributed by atoms with Crippen LogP contribution in [0.25, 0.3) is 0 Å². The van der Waals surface area contributed by atoms with Crippen molar-refractivity contribution >= 4 is 27.5 Å². The molecule has 1 rings (SSSR count). The summed E-state index contributed by atoms with van der Waals surface area (Å²) in [7, 11) is 0.